The molecule has 0 saturated heterocycles. The van der Waals surface area contributed by atoms with Crippen LogP contribution in [0, 0.1) is 0 Å². The summed E-state index contributed by atoms with van der Waals surface area (Å²) in [6.45, 7) is 5.22. The molecule has 5 aromatic rings. The van der Waals surface area contributed by atoms with Gasteiger partial charge in [0, 0.05) is 39.7 Å². The highest BCUT2D eigenvalue weighted by molar-refractivity contribution is 5.93. The van der Waals surface area contributed by atoms with Gasteiger partial charge in [-0.15, -0.1) is 5.10 Å². The molecule has 5 nitrogen and oxygen atoms in total. The van der Waals surface area contributed by atoms with E-state index in [0.717, 1.165) is 34.2 Å². The van der Waals surface area contributed by atoms with E-state index in [1.807, 2.05) is 41.3 Å². The Morgan fingerprint density at radius 2 is 1.75 bits per heavy atom. The van der Waals surface area contributed by atoms with Gasteiger partial charge < -0.3 is 4.98 Å². The molecule has 0 aliphatic rings. The molecule has 0 fully saturated rings. The molecule has 0 aliphatic heterocycles. The van der Waals surface area contributed by atoms with E-state index in [4.69, 9.17) is 0 Å². The van der Waals surface area contributed by atoms with Gasteiger partial charge in [-0.05, 0) is 23.8 Å². The van der Waals surface area contributed by atoms with E-state index in [-0.39, 0.29) is 5.41 Å². The number of aromatic amines is 1. The Bertz CT molecular complexity index is 1270. The molecule has 0 atom stereocenters. The minimum atomic E-state index is -0.0924. The smallest absolute Gasteiger partial charge is 0.113 e. The summed E-state index contributed by atoms with van der Waals surface area (Å²) in [5, 5.41) is 11.2. The quantitative estimate of drug-likeness (QED) is 0.489. The van der Waals surface area contributed by atoms with Crippen LogP contribution in [0.3, 0.4) is 0 Å². The number of nitrogens with zero attached hydrogens (tertiary/aromatic N) is 4. The number of rotatable bonds is 4. The van der Waals surface area contributed by atoms with Crippen molar-refractivity contribution in [1.82, 2.24) is 25.0 Å². The largest absolute Gasteiger partial charge is 0.361 e. The van der Waals surface area contributed by atoms with Gasteiger partial charge in [-0.25, -0.2) is 0 Å². The van der Waals surface area contributed by atoms with Crippen LogP contribution in [-0.4, -0.2) is 25.0 Å². The predicted octanol–water partition coefficient (Wildman–Crippen LogP) is 4.95. The highest BCUT2D eigenvalue weighted by Gasteiger charge is 2.25. The molecule has 0 bridgehead atoms. The highest BCUT2D eigenvalue weighted by atomic mass is 15.4. The molecule has 5 rings (SSSR count). The van der Waals surface area contributed by atoms with Crippen LogP contribution in [0.25, 0.3) is 33.1 Å². The molecular formula is C23H21N5. The van der Waals surface area contributed by atoms with Gasteiger partial charge in [-0.3, -0.25) is 9.67 Å². The minimum absolute atomic E-state index is 0.0924. The second-order valence-electron chi connectivity index (χ2n) is 7.81. The van der Waals surface area contributed by atoms with Crippen molar-refractivity contribution in [2.75, 3.05) is 0 Å². The van der Waals surface area contributed by atoms with Crippen molar-refractivity contribution in [1.29, 1.82) is 0 Å². The van der Waals surface area contributed by atoms with Gasteiger partial charge in [0.15, 0.2) is 0 Å². The number of hydrogen-bond acceptors (Lipinski definition) is 3. The van der Waals surface area contributed by atoms with E-state index >= 15 is 0 Å². The molecule has 0 spiro atoms. The van der Waals surface area contributed by atoms with Gasteiger partial charge in [-0.2, -0.15) is 0 Å². The van der Waals surface area contributed by atoms with Crippen LogP contribution in [0.5, 0.6) is 0 Å². The number of pyridine rings is 1. The summed E-state index contributed by atoms with van der Waals surface area (Å²) in [4.78, 5) is 7.82. The van der Waals surface area contributed by atoms with Crippen molar-refractivity contribution >= 4 is 21.8 Å². The fraction of sp³-hybridized carbons (Fsp3) is 0.174. The number of hydrogen-bond donors (Lipinski definition) is 1. The van der Waals surface area contributed by atoms with E-state index < -0.39 is 0 Å². The SMILES string of the molecule is CC(C)(Cn1cc(-c2ccnc3ccccc23)nn1)c1c[nH]c2ccccc12. The minimum Gasteiger partial charge on any atom is -0.361 e. The van der Waals surface area contributed by atoms with Crippen molar-refractivity contribution < 1.29 is 0 Å². The van der Waals surface area contributed by atoms with Crippen LogP contribution in [0.4, 0.5) is 0 Å². The Hall–Kier alpha value is -3.47. The van der Waals surface area contributed by atoms with Gasteiger partial charge in [-0.1, -0.05) is 55.5 Å². The fourth-order valence-corrected chi connectivity index (χ4v) is 3.94. The van der Waals surface area contributed by atoms with Crippen LogP contribution >= 0.6 is 0 Å². The van der Waals surface area contributed by atoms with Crippen LogP contribution in [0.15, 0.2) is 73.2 Å². The molecule has 0 unspecified atom stereocenters. The molecule has 1 N–H and O–H groups in total. The maximum absolute atomic E-state index is 4.44. The van der Waals surface area contributed by atoms with Crippen LogP contribution in [-0.2, 0) is 12.0 Å². The second-order valence-corrected chi connectivity index (χ2v) is 7.81. The normalized spacial score (nSPS) is 12.1. The van der Waals surface area contributed by atoms with Gasteiger partial charge in [0.25, 0.3) is 0 Å². The maximum atomic E-state index is 4.44. The zero-order valence-electron chi connectivity index (χ0n) is 15.9. The molecule has 3 heterocycles. The number of H-pyrrole nitrogens is 1. The molecule has 28 heavy (non-hydrogen) atoms. The molecule has 0 radical (unpaired) electrons. The third kappa shape index (κ3) is 2.76. The molecular weight excluding hydrogens is 346 g/mol. The number of benzene rings is 2. The molecule has 138 valence electrons. The summed E-state index contributed by atoms with van der Waals surface area (Å²) in [6.07, 6.45) is 5.96. The summed E-state index contributed by atoms with van der Waals surface area (Å²) in [7, 11) is 0. The Balaban J connectivity index is 1.49. The topological polar surface area (TPSA) is 59.4 Å². The standard InChI is InChI=1S/C23H21N5/c1-23(2,19-13-25-21-10-6-4-8-18(19)21)15-28-14-22(26-27-28)17-11-12-24-20-9-5-3-7-16(17)20/h3-14,25H,15H2,1-2H3. The average Bonchev–Trinajstić information content (AvgIpc) is 3.34. The summed E-state index contributed by atoms with van der Waals surface area (Å²) >= 11 is 0. The lowest BCUT2D eigenvalue weighted by Gasteiger charge is -2.24. The Morgan fingerprint density at radius 3 is 2.64 bits per heavy atom. The third-order valence-electron chi connectivity index (χ3n) is 5.34. The van der Waals surface area contributed by atoms with E-state index in [1.54, 1.807) is 0 Å². The Morgan fingerprint density at radius 1 is 0.964 bits per heavy atom. The lowest BCUT2D eigenvalue weighted by atomic mass is 9.84. The number of para-hydroxylation sites is 2. The fourth-order valence-electron chi connectivity index (χ4n) is 3.94. The van der Waals surface area contributed by atoms with Crippen LogP contribution in [0.2, 0.25) is 0 Å². The first-order chi connectivity index (χ1) is 13.6. The first kappa shape index (κ1) is 16.7. The van der Waals surface area contributed by atoms with Crippen molar-refractivity contribution in [3.05, 3.63) is 78.8 Å². The van der Waals surface area contributed by atoms with Gasteiger partial charge in [0.05, 0.1) is 18.3 Å². The van der Waals surface area contributed by atoms with Gasteiger partial charge in [0.1, 0.15) is 5.69 Å². The third-order valence-corrected chi connectivity index (χ3v) is 5.34. The Labute approximate surface area is 163 Å². The molecule has 0 aliphatic carbocycles. The zero-order chi connectivity index (χ0) is 19.1. The van der Waals surface area contributed by atoms with E-state index in [0.29, 0.717) is 0 Å². The highest BCUT2D eigenvalue weighted by Crippen LogP contribution is 2.32. The number of aromatic nitrogens is 5. The van der Waals surface area contributed by atoms with E-state index in [9.17, 15) is 0 Å². The summed E-state index contributed by atoms with van der Waals surface area (Å²) in [6, 6.07) is 18.5. The van der Waals surface area contributed by atoms with Gasteiger partial charge >= 0.3 is 0 Å². The van der Waals surface area contributed by atoms with E-state index in [1.165, 1.54) is 10.9 Å². The molecule has 3 aromatic heterocycles. The summed E-state index contributed by atoms with van der Waals surface area (Å²) < 4.78 is 1.94. The Kier molecular flexibility index (Phi) is 3.76. The zero-order valence-corrected chi connectivity index (χ0v) is 15.9. The van der Waals surface area contributed by atoms with Crippen LogP contribution < -0.4 is 0 Å². The second kappa shape index (κ2) is 6.30. The summed E-state index contributed by atoms with van der Waals surface area (Å²) in [5.41, 5.74) is 5.25. The molecule has 0 saturated carbocycles. The predicted molar refractivity (Wildman–Crippen MR) is 112 cm³/mol. The van der Waals surface area contributed by atoms with E-state index in [2.05, 4.69) is 70.7 Å². The van der Waals surface area contributed by atoms with Crippen LogP contribution in [0.1, 0.15) is 19.4 Å². The lowest BCUT2D eigenvalue weighted by molar-refractivity contribution is 0.404. The monoisotopic (exact) mass is 367 g/mol. The summed E-state index contributed by atoms with van der Waals surface area (Å²) in [5.74, 6) is 0. The maximum Gasteiger partial charge on any atom is 0.113 e. The first-order valence-electron chi connectivity index (χ1n) is 9.43. The van der Waals surface area contributed by atoms with Crippen molar-refractivity contribution in [2.45, 2.75) is 25.8 Å². The van der Waals surface area contributed by atoms with Crippen molar-refractivity contribution in [3.8, 4) is 11.3 Å². The lowest BCUT2D eigenvalue weighted by Crippen LogP contribution is -2.24. The van der Waals surface area contributed by atoms with Gasteiger partial charge in [0.2, 0.25) is 0 Å². The number of nitrogens with one attached hydrogen (secondary N) is 1. The van der Waals surface area contributed by atoms with Crippen molar-refractivity contribution in [3.63, 3.8) is 0 Å². The van der Waals surface area contributed by atoms with Crippen molar-refractivity contribution in [2.24, 2.45) is 0 Å². The number of fused-ring (bicyclic) bond motifs is 2. The molecule has 2 aromatic carbocycles. The average molecular weight is 367 g/mol. The molecule has 0 amide bonds. The molecule has 5 heteroatoms. The first-order valence-corrected chi connectivity index (χ1v) is 9.43.